The lowest BCUT2D eigenvalue weighted by atomic mass is 10.0. The van der Waals surface area contributed by atoms with Gasteiger partial charge in [0, 0.05) is 25.2 Å². The number of nitrogens with two attached hydrogens (primary N) is 1. The Morgan fingerprint density at radius 2 is 1.88 bits per heavy atom. The molecule has 1 unspecified atom stereocenters. The van der Waals surface area contributed by atoms with Crippen LogP contribution in [0.1, 0.15) is 31.0 Å². The van der Waals surface area contributed by atoms with Crippen molar-refractivity contribution in [3.8, 4) is 5.75 Å². The van der Waals surface area contributed by atoms with Crippen molar-refractivity contribution in [3.63, 3.8) is 0 Å². The second kappa shape index (κ2) is 14.9. The number of likely N-dealkylation sites (N-methyl/N-ethyl adjacent to an activating group) is 1. The lowest BCUT2D eigenvalue weighted by Crippen LogP contribution is -2.43. The first-order valence-electron chi connectivity index (χ1n) is 10.4. The number of hydrogen-bond acceptors (Lipinski definition) is 4. The van der Waals surface area contributed by atoms with E-state index in [9.17, 15) is 4.79 Å². The van der Waals surface area contributed by atoms with Gasteiger partial charge < -0.3 is 21.1 Å². The standard InChI is InChI=1S/C23H32ClN5O2.HI/c1-4-29(5-2)21(19-11-6-7-12-20(19)24)15-28-23(26-3)27-14-17-9-8-10-18(13-17)31-16-22(25)30;/h6-13,21H,4-5,14-16H2,1-3H3,(H2,25,30)(H2,26,27,28);1H. The second-order valence-corrected chi connectivity index (χ2v) is 7.37. The van der Waals surface area contributed by atoms with E-state index in [0.717, 1.165) is 29.2 Å². The lowest BCUT2D eigenvalue weighted by Gasteiger charge is -2.31. The summed E-state index contributed by atoms with van der Waals surface area (Å²) in [4.78, 5) is 17.6. The Balaban J connectivity index is 0.00000512. The summed E-state index contributed by atoms with van der Waals surface area (Å²) in [7, 11) is 1.74. The molecule has 1 atom stereocenters. The predicted molar refractivity (Wildman–Crippen MR) is 142 cm³/mol. The van der Waals surface area contributed by atoms with Gasteiger partial charge in [-0.3, -0.25) is 14.7 Å². The van der Waals surface area contributed by atoms with Crippen molar-refractivity contribution in [2.75, 3.05) is 33.3 Å². The smallest absolute Gasteiger partial charge is 0.255 e. The van der Waals surface area contributed by atoms with Gasteiger partial charge in [-0.1, -0.05) is 55.8 Å². The minimum absolute atomic E-state index is 0. The molecule has 2 rings (SSSR count). The lowest BCUT2D eigenvalue weighted by molar-refractivity contribution is -0.119. The highest BCUT2D eigenvalue weighted by Crippen LogP contribution is 2.26. The third kappa shape index (κ3) is 8.84. The van der Waals surface area contributed by atoms with E-state index in [4.69, 9.17) is 22.1 Å². The van der Waals surface area contributed by atoms with Crippen LogP contribution in [-0.4, -0.2) is 50.1 Å². The molecule has 0 aliphatic heterocycles. The molecule has 2 aromatic rings. The SMILES string of the molecule is CCN(CC)C(CNC(=NC)NCc1cccc(OCC(N)=O)c1)c1ccccc1Cl.I. The maximum atomic E-state index is 10.9. The molecule has 0 aromatic heterocycles. The Bertz CT molecular complexity index is 877. The number of aliphatic imine (C=N–C) groups is 1. The number of nitrogens with one attached hydrogen (secondary N) is 2. The van der Waals surface area contributed by atoms with Crippen LogP contribution in [0.25, 0.3) is 0 Å². The van der Waals surface area contributed by atoms with Gasteiger partial charge in [-0.2, -0.15) is 0 Å². The fraction of sp³-hybridized carbons (Fsp3) is 0.391. The molecule has 0 spiro atoms. The van der Waals surface area contributed by atoms with E-state index < -0.39 is 5.91 Å². The van der Waals surface area contributed by atoms with E-state index >= 15 is 0 Å². The summed E-state index contributed by atoms with van der Waals surface area (Å²) < 4.78 is 5.37. The molecule has 0 aliphatic carbocycles. The number of nitrogens with zero attached hydrogens (tertiary/aromatic N) is 2. The van der Waals surface area contributed by atoms with Crippen molar-refractivity contribution < 1.29 is 9.53 Å². The van der Waals surface area contributed by atoms with E-state index in [2.05, 4.69) is 40.4 Å². The topological polar surface area (TPSA) is 92.0 Å². The van der Waals surface area contributed by atoms with E-state index in [1.54, 1.807) is 13.1 Å². The van der Waals surface area contributed by atoms with Crippen LogP contribution in [0, 0.1) is 0 Å². The Kier molecular flexibility index (Phi) is 13.0. The zero-order chi connectivity index (χ0) is 22.6. The maximum absolute atomic E-state index is 10.9. The van der Waals surface area contributed by atoms with Gasteiger partial charge in [0.2, 0.25) is 0 Å². The molecule has 0 heterocycles. The number of ether oxygens (including phenoxy) is 1. The summed E-state index contributed by atoms with van der Waals surface area (Å²) in [6, 6.07) is 15.6. The van der Waals surface area contributed by atoms with E-state index in [-0.39, 0.29) is 36.6 Å². The number of benzene rings is 2. The van der Waals surface area contributed by atoms with Crippen LogP contribution in [0.2, 0.25) is 5.02 Å². The minimum Gasteiger partial charge on any atom is -0.484 e. The summed E-state index contributed by atoms with van der Waals surface area (Å²) >= 11 is 6.49. The van der Waals surface area contributed by atoms with Crippen molar-refractivity contribution in [2.45, 2.75) is 26.4 Å². The largest absolute Gasteiger partial charge is 0.484 e. The van der Waals surface area contributed by atoms with Crippen LogP contribution in [0.5, 0.6) is 5.75 Å². The van der Waals surface area contributed by atoms with Gasteiger partial charge in [-0.25, -0.2) is 0 Å². The Hall–Kier alpha value is -2.04. The average Bonchev–Trinajstić information content (AvgIpc) is 2.78. The van der Waals surface area contributed by atoms with E-state index in [1.807, 2.05) is 36.4 Å². The zero-order valence-electron chi connectivity index (χ0n) is 18.8. The van der Waals surface area contributed by atoms with Gasteiger partial charge in [-0.15, -0.1) is 24.0 Å². The summed E-state index contributed by atoms with van der Waals surface area (Å²) in [6.07, 6.45) is 0. The molecule has 176 valence electrons. The van der Waals surface area contributed by atoms with Gasteiger partial charge in [-0.05, 0) is 42.4 Å². The highest BCUT2D eigenvalue weighted by Gasteiger charge is 2.20. The van der Waals surface area contributed by atoms with Gasteiger partial charge in [0.1, 0.15) is 5.75 Å². The monoisotopic (exact) mass is 573 g/mol. The molecule has 0 aliphatic rings. The van der Waals surface area contributed by atoms with E-state index in [0.29, 0.717) is 24.8 Å². The zero-order valence-corrected chi connectivity index (χ0v) is 21.9. The van der Waals surface area contributed by atoms with Crippen molar-refractivity contribution in [1.29, 1.82) is 0 Å². The fourth-order valence-corrected chi connectivity index (χ4v) is 3.61. The first kappa shape index (κ1) is 28.0. The first-order valence-corrected chi connectivity index (χ1v) is 10.8. The highest BCUT2D eigenvalue weighted by molar-refractivity contribution is 14.0. The Morgan fingerprint density at radius 3 is 2.50 bits per heavy atom. The van der Waals surface area contributed by atoms with Crippen LogP contribution < -0.4 is 21.1 Å². The molecular weight excluding hydrogens is 541 g/mol. The molecule has 9 heteroatoms. The average molecular weight is 574 g/mol. The molecule has 0 fully saturated rings. The first-order chi connectivity index (χ1) is 15.0. The van der Waals surface area contributed by atoms with Crippen molar-refractivity contribution in [3.05, 3.63) is 64.7 Å². The molecule has 0 saturated heterocycles. The number of guanidine groups is 1. The number of amides is 1. The minimum atomic E-state index is -0.505. The van der Waals surface area contributed by atoms with Crippen LogP contribution >= 0.6 is 35.6 Å². The van der Waals surface area contributed by atoms with Gasteiger partial charge in [0.25, 0.3) is 5.91 Å². The van der Waals surface area contributed by atoms with Crippen LogP contribution in [-0.2, 0) is 11.3 Å². The normalized spacial score (nSPS) is 12.1. The molecule has 0 bridgehead atoms. The molecule has 2 aromatic carbocycles. The number of carbonyl (C=O) groups is 1. The molecule has 32 heavy (non-hydrogen) atoms. The van der Waals surface area contributed by atoms with Crippen LogP contribution in [0.4, 0.5) is 0 Å². The summed E-state index contributed by atoms with van der Waals surface area (Å²) in [6.45, 7) is 7.19. The molecule has 0 radical (unpaired) electrons. The third-order valence-corrected chi connectivity index (χ3v) is 5.29. The maximum Gasteiger partial charge on any atom is 0.255 e. The van der Waals surface area contributed by atoms with Crippen LogP contribution in [0.3, 0.4) is 0 Å². The predicted octanol–water partition coefficient (Wildman–Crippen LogP) is 3.57. The van der Waals surface area contributed by atoms with Gasteiger partial charge >= 0.3 is 0 Å². The van der Waals surface area contributed by atoms with E-state index in [1.165, 1.54) is 0 Å². The number of rotatable bonds is 11. The van der Waals surface area contributed by atoms with Crippen molar-refractivity contribution >= 4 is 47.4 Å². The number of halogens is 2. The second-order valence-electron chi connectivity index (χ2n) is 6.97. The third-order valence-electron chi connectivity index (χ3n) is 4.94. The van der Waals surface area contributed by atoms with Gasteiger partial charge in [0.05, 0.1) is 6.04 Å². The molecule has 7 nitrogen and oxygen atoms in total. The van der Waals surface area contributed by atoms with Crippen molar-refractivity contribution in [1.82, 2.24) is 15.5 Å². The van der Waals surface area contributed by atoms with Gasteiger partial charge in [0.15, 0.2) is 12.6 Å². The molecular formula is C23H33ClIN5O2. The molecule has 0 saturated carbocycles. The fourth-order valence-electron chi connectivity index (χ4n) is 3.34. The molecule has 4 N–H and O–H groups in total. The number of carbonyl (C=O) groups excluding carboxylic acids is 1. The number of hydrogen-bond donors (Lipinski definition) is 3. The Morgan fingerprint density at radius 1 is 1.16 bits per heavy atom. The highest BCUT2D eigenvalue weighted by atomic mass is 127. The quantitative estimate of drug-likeness (QED) is 0.217. The van der Waals surface area contributed by atoms with Crippen molar-refractivity contribution in [2.24, 2.45) is 10.7 Å². The summed E-state index contributed by atoms with van der Waals surface area (Å²) in [5, 5.41) is 7.49. The number of primary amides is 1. The Labute approximate surface area is 212 Å². The van der Waals surface area contributed by atoms with Crippen LogP contribution in [0.15, 0.2) is 53.5 Å². The summed E-state index contributed by atoms with van der Waals surface area (Å²) in [5.41, 5.74) is 7.22. The molecule has 1 amide bonds. The summed E-state index contributed by atoms with van der Waals surface area (Å²) in [5.74, 6) is 0.781.